The standard InChI is InChI=1S/C12H20N4O.C6H4BrFS/c1-8-6-16(7-9(2)14-8)11-5-4-10(17-3)12(13)15-11;7-4-1-2-6(9)5(8)3-4/h4-5,8-9,14H,6-7H2,1-3H3,(H2,13,15);1-3,9H. The van der Waals surface area contributed by atoms with E-state index in [9.17, 15) is 4.39 Å². The molecule has 3 N–H and O–H groups in total. The molecule has 5 nitrogen and oxygen atoms in total. The largest absolute Gasteiger partial charge is 0.493 e. The molecule has 1 aromatic carbocycles. The van der Waals surface area contributed by atoms with Crippen LogP contribution in [0.1, 0.15) is 13.8 Å². The molecule has 3 rings (SSSR count). The SMILES string of the molecule is COc1ccc(N2CC(C)NC(C)C2)nc1N.Fc1cc(Br)ccc1S. The smallest absolute Gasteiger partial charge is 0.168 e. The van der Waals surface area contributed by atoms with Crippen LogP contribution in [-0.4, -0.2) is 37.3 Å². The lowest BCUT2D eigenvalue weighted by Crippen LogP contribution is -2.54. The average molecular weight is 443 g/mol. The number of methoxy groups -OCH3 is 1. The molecule has 0 spiro atoms. The number of pyridine rings is 1. The summed E-state index contributed by atoms with van der Waals surface area (Å²) in [5, 5.41) is 3.49. The normalized spacial score (nSPS) is 19.5. The van der Waals surface area contributed by atoms with Crippen molar-refractivity contribution in [1.82, 2.24) is 10.3 Å². The Morgan fingerprint density at radius 1 is 1.27 bits per heavy atom. The summed E-state index contributed by atoms with van der Waals surface area (Å²) in [7, 11) is 1.60. The van der Waals surface area contributed by atoms with Crippen LogP contribution in [-0.2, 0) is 0 Å². The third-order valence-electron chi connectivity index (χ3n) is 3.88. The van der Waals surface area contributed by atoms with E-state index in [4.69, 9.17) is 10.5 Å². The molecular formula is C18H24BrFN4OS. The van der Waals surface area contributed by atoms with E-state index in [1.165, 1.54) is 6.07 Å². The van der Waals surface area contributed by atoms with Gasteiger partial charge in [0.2, 0.25) is 0 Å². The summed E-state index contributed by atoms with van der Waals surface area (Å²) < 4.78 is 18.3. The maximum absolute atomic E-state index is 12.5. The molecule has 0 aliphatic carbocycles. The Morgan fingerprint density at radius 3 is 2.42 bits per heavy atom. The molecule has 2 aromatic rings. The highest BCUT2D eigenvalue weighted by atomic mass is 79.9. The van der Waals surface area contributed by atoms with Crippen molar-refractivity contribution in [2.45, 2.75) is 30.8 Å². The average Bonchev–Trinajstić information content (AvgIpc) is 2.58. The van der Waals surface area contributed by atoms with E-state index in [1.54, 1.807) is 19.2 Å². The predicted molar refractivity (Wildman–Crippen MR) is 111 cm³/mol. The Balaban J connectivity index is 0.000000228. The molecule has 2 atom stereocenters. The minimum absolute atomic E-state index is 0.298. The van der Waals surface area contributed by atoms with E-state index in [0.717, 1.165) is 23.4 Å². The number of ether oxygens (including phenoxy) is 1. The van der Waals surface area contributed by atoms with Gasteiger partial charge in [-0.15, -0.1) is 12.6 Å². The van der Waals surface area contributed by atoms with Gasteiger partial charge in [0.05, 0.1) is 7.11 Å². The van der Waals surface area contributed by atoms with Crippen molar-refractivity contribution in [2.75, 3.05) is 30.8 Å². The number of nitrogen functional groups attached to an aromatic ring is 1. The number of anilines is 2. The van der Waals surface area contributed by atoms with Gasteiger partial charge >= 0.3 is 0 Å². The second kappa shape index (κ2) is 9.43. The van der Waals surface area contributed by atoms with Crippen LogP contribution < -0.4 is 20.7 Å². The highest BCUT2D eigenvalue weighted by molar-refractivity contribution is 9.10. The fraction of sp³-hybridized carbons (Fsp3) is 0.389. The van der Waals surface area contributed by atoms with Crippen LogP contribution in [0.15, 0.2) is 39.7 Å². The molecule has 142 valence electrons. The molecule has 1 fully saturated rings. The van der Waals surface area contributed by atoms with Crippen molar-refractivity contribution in [3.63, 3.8) is 0 Å². The molecule has 1 aliphatic heterocycles. The molecule has 0 bridgehead atoms. The van der Waals surface area contributed by atoms with Crippen LogP contribution >= 0.6 is 28.6 Å². The maximum atomic E-state index is 12.5. The Bertz CT molecular complexity index is 739. The highest BCUT2D eigenvalue weighted by Crippen LogP contribution is 2.24. The molecule has 1 aliphatic rings. The molecule has 2 unspecified atom stereocenters. The third-order valence-corrected chi connectivity index (χ3v) is 4.74. The summed E-state index contributed by atoms with van der Waals surface area (Å²) in [6.45, 7) is 6.25. The minimum atomic E-state index is -0.298. The van der Waals surface area contributed by atoms with Gasteiger partial charge in [-0.05, 0) is 44.2 Å². The maximum Gasteiger partial charge on any atom is 0.168 e. The van der Waals surface area contributed by atoms with E-state index in [1.807, 2.05) is 12.1 Å². The summed E-state index contributed by atoms with van der Waals surface area (Å²) in [5.74, 6) is 1.70. The zero-order valence-electron chi connectivity index (χ0n) is 15.0. The zero-order valence-corrected chi connectivity index (χ0v) is 17.5. The van der Waals surface area contributed by atoms with Gasteiger partial charge in [-0.2, -0.15) is 0 Å². The summed E-state index contributed by atoms with van der Waals surface area (Å²) in [4.78, 5) is 7.01. The number of rotatable bonds is 2. The number of aromatic nitrogens is 1. The van der Waals surface area contributed by atoms with Gasteiger partial charge in [-0.25, -0.2) is 9.37 Å². The number of nitrogens with two attached hydrogens (primary N) is 1. The van der Waals surface area contributed by atoms with Crippen LogP contribution in [0.4, 0.5) is 16.0 Å². The number of piperazine rings is 1. The van der Waals surface area contributed by atoms with E-state index in [2.05, 4.69) is 57.6 Å². The molecule has 0 amide bonds. The van der Waals surface area contributed by atoms with E-state index in [0.29, 0.717) is 28.5 Å². The first kappa shape index (κ1) is 20.8. The van der Waals surface area contributed by atoms with E-state index in [-0.39, 0.29) is 5.82 Å². The molecule has 0 radical (unpaired) electrons. The quantitative estimate of drug-likeness (QED) is 0.618. The summed E-state index contributed by atoms with van der Waals surface area (Å²) in [6, 6.07) is 9.47. The molecular weight excluding hydrogens is 419 g/mol. The number of benzene rings is 1. The van der Waals surface area contributed by atoms with Gasteiger partial charge < -0.3 is 20.7 Å². The zero-order chi connectivity index (χ0) is 19.3. The molecule has 1 saturated heterocycles. The van der Waals surface area contributed by atoms with Gasteiger partial charge in [0.25, 0.3) is 0 Å². The Morgan fingerprint density at radius 2 is 1.92 bits per heavy atom. The number of hydrogen-bond donors (Lipinski definition) is 3. The minimum Gasteiger partial charge on any atom is -0.493 e. The van der Waals surface area contributed by atoms with E-state index >= 15 is 0 Å². The topological polar surface area (TPSA) is 63.4 Å². The van der Waals surface area contributed by atoms with Crippen LogP contribution in [0, 0.1) is 5.82 Å². The van der Waals surface area contributed by atoms with Crippen LogP contribution in [0.5, 0.6) is 5.75 Å². The van der Waals surface area contributed by atoms with Crippen molar-refractivity contribution in [1.29, 1.82) is 0 Å². The first-order valence-electron chi connectivity index (χ1n) is 8.25. The number of nitrogens with zero attached hydrogens (tertiary/aromatic N) is 2. The monoisotopic (exact) mass is 442 g/mol. The second-order valence-corrected chi connectivity index (χ2v) is 7.62. The van der Waals surface area contributed by atoms with Gasteiger partial charge in [0.15, 0.2) is 11.6 Å². The first-order valence-corrected chi connectivity index (χ1v) is 9.49. The summed E-state index contributed by atoms with van der Waals surface area (Å²) >= 11 is 6.97. The van der Waals surface area contributed by atoms with Crippen molar-refractivity contribution < 1.29 is 9.13 Å². The lowest BCUT2D eigenvalue weighted by Gasteiger charge is -2.37. The van der Waals surface area contributed by atoms with Crippen molar-refractivity contribution >= 4 is 40.2 Å². The highest BCUT2D eigenvalue weighted by Gasteiger charge is 2.22. The Hall–Kier alpha value is -1.51. The third kappa shape index (κ3) is 5.75. The second-order valence-electron chi connectivity index (χ2n) is 6.23. The molecule has 26 heavy (non-hydrogen) atoms. The number of hydrogen-bond acceptors (Lipinski definition) is 6. The van der Waals surface area contributed by atoms with Gasteiger partial charge in [0, 0.05) is 34.5 Å². The Kier molecular flexibility index (Phi) is 7.55. The van der Waals surface area contributed by atoms with Crippen molar-refractivity contribution in [3.8, 4) is 5.75 Å². The lowest BCUT2D eigenvalue weighted by atomic mass is 10.1. The fourth-order valence-corrected chi connectivity index (χ4v) is 3.27. The number of thiol groups is 1. The van der Waals surface area contributed by atoms with Crippen molar-refractivity contribution in [2.24, 2.45) is 0 Å². The van der Waals surface area contributed by atoms with E-state index < -0.39 is 0 Å². The van der Waals surface area contributed by atoms with Gasteiger partial charge in [-0.3, -0.25) is 0 Å². The molecule has 1 aromatic heterocycles. The molecule has 2 heterocycles. The number of nitrogens with one attached hydrogen (secondary N) is 1. The predicted octanol–water partition coefficient (Wildman–Crippen LogP) is 3.74. The summed E-state index contributed by atoms with van der Waals surface area (Å²) in [6.07, 6.45) is 0. The van der Waals surface area contributed by atoms with Crippen molar-refractivity contribution in [3.05, 3.63) is 40.6 Å². The van der Waals surface area contributed by atoms with Gasteiger partial charge in [0.1, 0.15) is 11.6 Å². The fourth-order valence-electron chi connectivity index (χ4n) is 2.80. The van der Waals surface area contributed by atoms with Crippen LogP contribution in [0.3, 0.4) is 0 Å². The number of halogens is 2. The van der Waals surface area contributed by atoms with Crippen LogP contribution in [0.25, 0.3) is 0 Å². The summed E-state index contributed by atoms with van der Waals surface area (Å²) in [5.41, 5.74) is 5.83. The first-order chi connectivity index (χ1) is 12.3. The molecule has 8 heteroatoms. The Labute approximate surface area is 167 Å². The van der Waals surface area contributed by atoms with Crippen LogP contribution in [0.2, 0.25) is 0 Å². The lowest BCUT2D eigenvalue weighted by molar-refractivity contribution is 0.403. The van der Waals surface area contributed by atoms with Gasteiger partial charge in [-0.1, -0.05) is 15.9 Å². The molecule has 0 saturated carbocycles.